The molecule has 2 aliphatic carbocycles. The van der Waals surface area contributed by atoms with Crippen LogP contribution in [0, 0.1) is 22.7 Å². The highest BCUT2D eigenvalue weighted by Crippen LogP contribution is 2.64. The van der Waals surface area contributed by atoms with Gasteiger partial charge in [-0.1, -0.05) is 105 Å². The van der Waals surface area contributed by atoms with Crippen molar-refractivity contribution < 1.29 is 17.8 Å². The highest BCUT2D eigenvalue weighted by atomic mass is 32.2. The summed E-state index contributed by atoms with van der Waals surface area (Å²) in [6, 6.07) is 34.1. The Morgan fingerprint density at radius 3 is 1.89 bits per heavy atom. The molecule has 2 N–H and O–H groups in total. The van der Waals surface area contributed by atoms with Crippen LogP contribution in [0.4, 0.5) is 0 Å². The maximum atomic E-state index is 11.9. The van der Waals surface area contributed by atoms with E-state index in [0.717, 1.165) is 18.9 Å². The third kappa shape index (κ3) is 6.04. The lowest BCUT2D eigenvalue weighted by Crippen LogP contribution is -2.64. The molecule has 3 aliphatic heterocycles. The van der Waals surface area contributed by atoms with Crippen molar-refractivity contribution in [2.45, 2.75) is 70.5 Å². The first-order chi connectivity index (χ1) is 21.1. The molecule has 3 aromatic rings. The Hall–Kier alpha value is -2.84. The summed E-state index contributed by atoms with van der Waals surface area (Å²) in [5.41, 5.74) is 3.12. The van der Waals surface area contributed by atoms with E-state index in [1.54, 1.807) is 0 Å². The second kappa shape index (κ2) is 12.5. The van der Waals surface area contributed by atoms with Gasteiger partial charge in [0.2, 0.25) is 0 Å². The molecule has 234 valence electrons. The number of Topliss-reactive ketones (excluding diaryl/α,β-unsaturated/α-hetero) is 1. The van der Waals surface area contributed by atoms with Crippen LogP contribution in [-0.4, -0.2) is 54.6 Å². The zero-order valence-electron chi connectivity index (χ0n) is 25.9. The van der Waals surface area contributed by atoms with Crippen LogP contribution in [0.5, 0.6) is 0 Å². The summed E-state index contributed by atoms with van der Waals surface area (Å²) >= 11 is 0. The van der Waals surface area contributed by atoms with Crippen LogP contribution in [-0.2, 0) is 21.5 Å². The summed E-state index contributed by atoms with van der Waals surface area (Å²) in [4.78, 5) is 14.6. The lowest BCUT2D eigenvalue weighted by atomic mass is 9.70. The normalized spacial score (nSPS) is 30.3. The van der Waals surface area contributed by atoms with E-state index in [4.69, 9.17) is 4.55 Å². The van der Waals surface area contributed by atoms with Crippen molar-refractivity contribution in [3.63, 3.8) is 0 Å². The van der Waals surface area contributed by atoms with Gasteiger partial charge in [0.05, 0.1) is 11.2 Å². The van der Waals surface area contributed by atoms with Crippen molar-refractivity contribution in [2.75, 3.05) is 18.8 Å². The predicted octanol–water partition coefficient (Wildman–Crippen LogP) is 6.34. The number of fused-ring (bicyclic) bond motifs is 5. The minimum Gasteiger partial charge on any atom is -0.308 e. The van der Waals surface area contributed by atoms with Crippen molar-refractivity contribution in [2.24, 2.45) is 22.7 Å². The minimum atomic E-state index is -4.08. The summed E-state index contributed by atoms with van der Waals surface area (Å²) in [6.07, 6.45) is 4.61. The second-order valence-corrected chi connectivity index (χ2v) is 15.4. The first-order valence-electron chi connectivity index (χ1n) is 16.2. The average molecular weight is 615 g/mol. The Bertz CT molecular complexity index is 1480. The molecule has 8 rings (SSSR count). The van der Waals surface area contributed by atoms with Crippen molar-refractivity contribution in [1.82, 2.24) is 10.2 Å². The van der Waals surface area contributed by atoms with E-state index in [0.29, 0.717) is 30.8 Å². The van der Waals surface area contributed by atoms with Gasteiger partial charge in [0.1, 0.15) is 5.78 Å². The van der Waals surface area contributed by atoms with Crippen LogP contribution in [0.3, 0.4) is 0 Å². The molecule has 3 heterocycles. The van der Waals surface area contributed by atoms with Gasteiger partial charge in [-0.15, -0.1) is 0 Å². The van der Waals surface area contributed by atoms with E-state index in [2.05, 4.69) is 101 Å². The van der Waals surface area contributed by atoms with E-state index in [9.17, 15) is 13.2 Å². The van der Waals surface area contributed by atoms with Crippen LogP contribution in [0.2, 0.25) is 0 Å². The minimum absolute atomic E-state index is 0.0152. The molecule has 0 amide bonds. The molecule has 0 radical (unpaired) electrons. The van der Waals surface area contributed by atoms with Gasteiger partial charge in [-0.05, 0) is 72.7 Å². The molecule has 0 aromatic heterocycles. The number of piperidine rings is 3. The summed E-state index contributed by atoms with van der Waals surface area (Å²) < 4.78 is 31.0. The fraction of sp³-hybridized carbons (Fsp3) is 0.486. The number of benzene rings is 3. The van der Waals surface area contributed by atoms with E-state index in [1.807, 2.05) is 13.8 Å². The highest BCUT2D eigenvalue weighted by molar-refractivity contribution is 7.85. The molecule has 5 fully saturated rings. The first kappa shape index (κ1) is 31.2. The lowest BCUT2D eigenvalue weighted by molar-refractivity contribution is -0.128. The fourth-order valence-corrected chi connectivity index (χ4v) is 10.2. The molecule has 6 nitrogen and oxygen atoms in total. The van der Waals surface area contributed by atoms with E-state index in [-0.39, 0.29) is 17.1 Å². The summed E-state index contributed by atoms with van der Waals surface area (Å²) in [5, 5.41) is 4.00. The van der Waals surface area contributed by atoms with Gasteiger partial charge in [0.15, 0.2) is 0 Å². The summed E-state index contributed by atoms with van der Waals surface area (Å²) in [6.45, 7) is 7.30. The number of nitrogens with one attached hydrogen (secondary N) is 1. The van der Waals surface area contributed by atoms with Crippen LogP contribution in [0.25, 0.3) is 0 Å². The molecule has 0 spiro atoms. The van der Waals surface area contributed by atoms with Gasteiger partial charge in [-0.25, -0.2) is 0 Å². The Labute approximate surface area is 263 Å². The van der Waals surface area contributed by atoms with Gasteiger partial charge >= 0.3 is 0 Å². The monoisotopic (exact) mass is 614 g/mol. The van der Waals surface area contributed by atoms with Gasteiger partial charge < -0.3 is 5.32 Å². The number of ketones is 1. The largest absolute Gasteiger partial charge is 0.308 e. The lowest BCUT2D eigenvalue weighted by Gasteiger charge is -2.54. The molecular weight excluding hydrogens is 568 g/mol. The zero-order valence-corrected chi connectivity index (χ0v) is 26.8. The molecule has 1 unspecified atom stereocenters. The summed E-state index contributed by atoms with van der Waals surface area (Å²) in [5.74, 6) is 1.06. The maximum Gasteiger partial charge on any atom is 0.265 e. The molecule has 3 saturated heterocycles. The standard InChI is InChI=1S/C27H30N2.C10H16O4S/c1-4-10-21(11-5-1)20-28-26-24-16-18-29(19-17-24)27(26)25(22-12-6-2-7-13-22)23-14-8-3-9-15-23;1-9(2)7-3-4-10(9,8(11)5-7)6-15(12,13)14/h1-15,24-28H,16-20H2;7H,3-6H2,1-2H3,(H,12,13,14)/t26-,27+;7?,10-/m01/s1. The van der Waals surface area contributed by atoms with Gasteiger partial charge in [-0.2, -0.15) is 8.42 Å². The Morgan fingerprint density at radius 2 is 1.41 bits per heavy atom. The van der Waals surface area contributed by atoms with Crippen LogP contribution >= 0.6 is 0 Å². The number of carbonyl (C=O) groups excluding carboxylic acids is 1. The van der Waals surface area contributed by atoms with Crippen LogP contribution in [0.1, 0.15) is 68.6 Å². The fourth-order valence-electron chi connectivity index (χ4n) is 8.95. The Kier molecular flexibility index (Phi) is 8.86. The molecule has 2 saturated carbocycles. The molecular formula is C37H46N2O4S. The highest BCUT2D eigenvalue weighted by Gasteiger charge is 2.65. The summed E-state index contributed by atoms with van der Waals surface area (Å²) in [7, 11) is -4.08. The smallest absolute Gasteiger partial charge is 0.265 e. The van der Waals surface area contributed by atoms with E-state index >= 15 is 0 Å². The number of hydrogen-bond donors (Lipinski definition) is 2. The van der Waals surface area contributed by atoms with Crippen molar-refractivity contribution in [3.05, 3.63) is 108 Å². The van der Waals surface area contributed by atoms with Gasteiger partial charge in [-0.3, -0.25) is 14.2 Å². The maximum absolute atomic E-state index is 11.9. The Morgan fingerprint density at radius 1 is 0.864 bits per heavy atom. The third-order valence-electron chi connectivity index (χ3n) is 11.5. The number of nitrogens with zero attached hydrogens (tertiary/aromatic N) is 1. The van der Waals surface area contributed by atoms with Gasteiger partial charge in [0, 0.05) is 31.0 Å². The van der Waals surface area contributed by atoms with Crippen molar-refractivity contribution >= 4 is 15.9 Å². The van der Waals surface area contributed by atoms with E-state index < -0.39 is 21.3 Å². The van der Waals surface area contributed by atoms with Crippen molar-refractivity contribution in [1.29, 1.82) is 0 Å². The number of hydrogen-bond acceptors (Lipinski definition) is 5. The predicted molar refractivity (Wildman–Crippen MR) is 175 cm³/mol. The average Bonchev–Trinajstić information content (AvgIpc) is 3.37. The Balaban J connectivity index is 0.000000193. The van der Waals surface area contributed by atoms with E-state index in [1.165, 1.54) is 42.6 Å². The van der Waals surface area contributed by atoms with Gasteiger partial charge in [0.25, 0.3) is 10.1 Å². The quantitative estimate of drug-likeness (QED) is 0.288. The molecule has 7 heteroatoms. The molecule has 4 atom stereocenters. The molecule has 5 aliphatic rings. The third-order valence-corrected chi connectivity index (χ3v) is 12.3. The number of carbonyl (C=O) groups is 1. The number of rotatable bonds is 8. The van der Waals surface area contributed by atoms with Crippen molar-refractivity contribution in [3.8, 4) is 0 Å². The topological polar surface area (TPSA) is 86.7 Å². The first-order valence-corrected chi connectivity index (χ1v) is 17.8. The SMILES string of the molecule is CC1(C)C2CC[C@@]1(CS(=O)(=O)O)C(=O)C2.c1ccc(CN[C@H]2C3CCN(CC3)[C@@H]2C(c2ccccc2)c2ccccc2)cc1. The second-order valence-electron chi connectivity index (χ2n) is 13.9. The zero-order chi connectivity index (χ0) is 31.0. The molecule has 3 aromatic carbocycles. The van der Waals surface area contributed by atoms with Crippen LogP contribution < -0.4 is 5.32 Å². The van der Waals surface area contributed by atoms with Crippen LogP contribution in [0.15, 0.2) is 91.0 Å². The molecule has 44 heavy (non-hydrogen) atoms. The molecule has 4 bridgehead atoms.